The predicted molar refractivity (Wildman–Crippen MR) is 60.9 cm³/mol. The van der Waals surface area contributed by atoms with Crippen molar-refractivity contribution in [2.75, 3.05) is 18.4 Å². The zero-order valence-corrected chi connectivity index (χ0v) is 9.15. The highest BCUT2D eigenvalue weighted by Crippen LogP contribution is 2.19. The number of hydrogen-bond donors (Lipinski definition) is 2. The van der Waals surface area contributed by atoms with E-state index >= 15 is 0 Å². The second kappa shape index (κ2) is 4.81. The molecule has 0 spiro atoms. The summed E-state index contributed by atoms with van der Waals surface area (Å²) in [5.74, 6) is -0.291. The van der Waals surface area contributed by atoms with Gasteiger partial charge in [0, 0.05) is 17.6 Å². The summed E-state index contributed by atoms with van der Waals surface area (Å²) in [6.07, 6.45) is 2.36. The van der Waals surface area contributed by atoms with Crippen LogP contribution in [0.5, 0.6) is 0 Å². The van der Waals surface area contributed by atoms with Gasteiger partial charge in [0.25, 0.3) is 0 Å². The maximum absolute atomic E-state index is 13.4. The first kappa shape index (κ1) is 10.7. The molecule has 1 aromatic rings. The van der Waals surface area contributed by atoms with Gasteiger partial charge in [0.15, 0.2) is 0 Å². The van der Waals surface area contributed by atoms with Gasteiger partial charge in [-0.1, -0.05) is 11.6 Å². The minimum Gasteiger partial charge on any atom is -0.381 e. The molecule has 4 heteroatoms. The molecule has 0 bridgehead atoms. The Kier molecular flexibility index (Phi) is 3.44. The van der Waals surface area contributed by atoms with Crippen LogP contribution in [0.4, 0.5) is 10.1 Å². The van der Waals surface area contributed by atoms with Gasteiger partial charge in [-0.25, -0.2) is 4.39 Å². The van der Waals surface area contributed by atoms with Gasteiger partial charge < -0.3 is 10.6 Å². The van der Waals surface area contributed by atoms with Crippen LogP contribution in [0, 0.1) is 5.82 Å². The van der Waals surface area contributed by atoms with Crippen LogP contribution in [-0.2, 0) is 0 Å². The molecule has 1 unspecified atom stereocenters. The quantitative estimate of drug-likeness (QED) is 0.831. The van der Waals surface area contributed by atoms with Gasteiger partial charge in [0.05, 0.1) is 5.69 Å². The topological polar surface area (TPSA) is 24.1 Å². The molecule has 2 nitrogen and oxygen atoms in total. The zero-order valence-electron chi connectivity index (χ0n) is 8.39. The van der Waals surface area contributed by atoms with Gasteiger partial charge in [0.1, 0.15) is 5.82 Å². The third-order valence-corrected chi connectivity index (χ3v) is 2.87. The van der Waals surface area contributed by atoms with Gasteiger partial charge in [-0.3, -0.25) is 0 Å². The fourth-order valence-corrected chi connectivity index (χ4v) is 1.96. The van der Waals surface area contributed by atoms with Crippen molar-refractivity contribution in [3.8, 4) is 0 Å². The second-order valence-electron chi connectivity index (χ2n) is 3.80. The molecule has 1 atom stereocenters. The Morgan fingerprint density at radius 1 is 1.53 bits per heavy atom. The van der Waals surface area contributed by atoms with Crippen LogP contribution in [-0.4, -0.2) is 19.1 Å². The average Bonchev–Trinajstić information content (AvgIpc) is 2.69. The molecule has 0 saturated carbocycles. The lowest BCUT2D eigenvalue weighted by molar-refractivity contribution is 0.613. The zero-order chi connectivity index (χ0) is 10.7. The molecule has 82 valence electrons. The Morgan fingerprint density at radius 3 is 3.07 bits per heavy atom. The Bertz CT molecular complexity index is 337. The molecule has 1 heterocycles. The van der Waals surface area contributed by atoms with E-state index < -0.39 is 0 Å². The smallest absolute Gasteiger partial charge is 0.147 e. The lowest BCUT2D eigenvalue weighted by Crippen LogP contribution is -2.29. The van der Waals surface area contributed by atoms with Crippen molar-refractivity contribution < 1.29 is 4.39 Å². The summed E-state index contributed by atoms with van der Waals surface area (Å²) in [5.41, 5.74) is 0.521. The van der Waals surface area contributed by atoms with Crippen LogP contribution in [0.3, 0.4) is 0 Å². The number of nitrogens with one attached hydrogen (secondary N) is 2. The Hall–Kier alpha value is -0.800. The molecule has 1 aliphatic heterocycles. The van der Waals surface area contributed by atoms with E-state index in [0.717, 1.165) is 19.5 Å². The van der Waals surface area contributed by atoms with Crippen molar-refractivity contribution in [3.05, 3.63) is 29.0 Å². The Balaban J connectivity index is 1.92. The van der Waals surface area contributed by atoms with Crippen molar-refractivity contribution in [2.24, 2.45) is 0 Å². The van der Waals surface area contributed by atoms with Gasteiger partial charge in [-0.2, -0.15) is 0 Å². The maximum Gasteiger partial charge on any atom is 0.147 e. The van der Waals surface area contributed by atoms with E-state index in [1.165, 1.54) is 12.5 Å². The van der Waals surface area contributed by atoms with Crippen LogP contribution >= 0.6 is 11.6 Å². The van der Waals surface area contributed by atoms with Crippen LogP contribution < -0.4 is 10.6 Å². The molecule has 2 N–H and O–H groups in total. The first-order valence-electron chi connectivity index (χ1n) is 5.18. The highest BCUT2D eigenvalue weighted by atomic mass is 35.5. The van der Waals surface area contributed by atoms with Gasteiger partial charge in [-0.15, -0.1) is 0 Å². The molecule has 1 aromatic carbocycles. The van der Waals surface area contributed by atoms with Crippen molar-refractivity contribution in [2.45, 2.75) is 18.9 Å². The van der Waals surface area contributed by atoms with Crippen molar-refractivity contribution in [1.82, 2.24) is 5.32 Å². The average molecular weight is 229 g/mol. The van der Waals surface area contributed by atoms with Crippen LogP contribution in [0.1, 0.15) is 12.8 Å². The van der Waals surface area contributed by atoms with E-state index in [1.807, 2.05) is 0 Å². The molecule has 0 aliphatic carbocycles. The molecule has 1 aliphatic rings. The summed E-state index contributed by atoms with van der Waals surface area (Å²) in [4.78, 5) is 0. The number of hydrogen-bond acceptors (Lipinski definition) is 2. The van der Waals surface area contributed by atoms with Crippen LogP contribution in [0.15, 0.2) is 18.2 Å². The molecule has 0 radical (unpaired) electrons. The first-order valence-corrected chi connectivity index (χ1v) is 5.56. The van der Waals surface area contributed by atoms with Crippen LogP contribution in [0.25, 0.3) is 0 Å². The second-order valence-corrected chi connectivity index (χ2v) is 4.23. The first-order chi connectivity index (χ1) is 7.25. The van der Waals surface area contributed by atoms with Gasteiger partial charge in [0.2, 0.25) is 0 Å². The summed E-state index contributed by atoms with van der Waals surface area (Å²) in [5, 5.41) is 6.86. The molecule has 0 amide bonds. The van der Waals surface area contributed by atoms with E-state index in [-0.39, 0.29) is 5.82 Å². The van der Waals surface area contributed by atoms with Crippen molar-refractivity contribution >= 4 is 17.3 Å². The molecular formula is C11H14ClFN2. The largest absolute Gasteiger partial charge is 0.381 e. The normalized spacial score (nSPS) is 20.5. The molecule has 1 fully saturated rings. The standard InChI is InChI=1S/C11H14ClFN2/c12-8-3-4-11(10(13)6-8)15-7-9-2-1-5-14-9/h3-4,6,9,14-15H,1-2,5,7H2. The van der Waals surface area contributed by atoms with E-state index in [1.54, 1.807) is 12.1 Å². The third-order valence-electron chi connectivity index (χ3n) is 2.63. The number of halogens is 2. The predicted octanol–water partition coefficient (Wildman–Crippen LogP) is 2.64. The summed E-state index contributed by atoms with van der Waals surface area (Å²) < 4.78 is 13.4. The molecule has 0 aromatic heterocycles. The highest BCUT2D eigenvalue weighted by Gasteiger charge is 2.13. The summed E-state index contributed by atoms with van der Waals surface area (Å²) in [6, 6.07) is 5.15. The summed E-state index contributed by atoms with van der Waals surface area (Å²) in [6.45, 7) is 1.83. The number of benzene rings is 1. The SMILES string of the molecule is Fc1cc(Cl)ccc1NCC1CCCN1. The third kappa shape index (κ3) is 2.83. The van der Waals surface area contributed by atoms with Gasteiger partial charge >= 0.3 is 0 Å². The fraction of sp³-hybridized carbons (Fsp3) is 0.455. The summed E-state index contributed by atoms with van der Waals surface area (Å²) >= 11 is 5.66. The summed E-state index contributed by atoms with van der Waals surface area (Å²) in [7, 11) is 0. The molecule has 15 heavy (non-hydrogen) atoms. The number of rotatable bonds is 3. The highest BCUT2D eigenvalue weighted by molar-refractivity contribution is 6.30. The molecule has 1 saturated heterocycles. The van der Waals surface area contributed by atoms with Crippen molar-refractivity contribution in [3.63, 3.8) is 0 Å². The van der Waals surface area contributed by atoms with E-state index in [0.29, 0.717) is 16.8 Å². The minimum absolute atomic E-state index is 0.291. The Morgan fingerprint density at radius 2 is 2.40 bits per heavy atom. The van der Waals surface area contributed by atoms with Crippen LogP contribution in [0.2, 0.25) is 5.02 Å². The van der Waals surface area contributed by atoms with E-state index in [2.05, 4.69) is 10.6 Å². The maximum atomic E-state index is 13.4. The van der Waals surface area contributed by atoms with Gasteiger partial charge in [-0.05, 0) is 37.6 Å². The molecular weight excluding hydrogens is 215 g/mol. The minimum atomic E-state index is -0.291. The molecule has 2 rings (SSSR count). The van der Waals surface area contributed by atoms with Crippen molar-refractivity contribution in [1.29, 1.82) is 0 Å². The number of anilines is 1. The Labute approximate surface area is 93.8 Å². The lowest BCUT2D eigenvalue weighted by atomic mass is 10.2. The monoisotopic (exact) mass is 228 g/mol. The van der Waals surface area contributed by atoms with E-state index in [4.69, 9.17) is 11.6 Å². The fourth-order valence-electron chi connectivity index (χ4n) is 1.80. The lowest BCUT2D eigenvalue weighted by Gasteiger charge is -2.13. The van der Waals surface area contributed by atoms with E-state index in [9.17, 15) is 4.39 Å².